The lowest BCUT2D eigenvalue weighted by Crippen LogP contribution is -2.34. The van der Waals surface area contributed by atoms with E-state index in [1.165, 1.54) is 0 Å². The largest absolute Gasteiger partial charge is 0.494 e. The van der Waals surface area contributed by atoms with Crippen LogP contribution >= 0.6 is 0 Å². The van der Waals surface area contributed by atoms with Crippen LogP contribution in [-0.4, -0.2) is 35.1 Å². The summed E-state index contributed by atoms with van der Waals surface area (Å²) in [4.78, 5) is 27.6. The standard InChI is InChI=1S/C20H24N2O4/c1-2-26-18-9-6-15(7-10-18)13-16(20(24)25)14-22-19(23)11-8-17-5-3-4-12-21-17/h3-7,9-10,12,16H,2,8,11,13-14H2,1H3,(H,22,23)(H,24,25). The molecular formula is C20H24N2O4. The summed E-state index contributed by atoms with van der Waals surface area (Å²) < 4.78 is 5.38. The normalized spacial score (nSPS) is 11.6. The van der Waals surface area contributed by atoms with Gasteiger partial charge in [0.25, 0.3) is 0 Å². The van der Waals surface area contributed by atoms with Gasteiger partial charge in [-0.15, -0.1) is 0 Å². The van der Waals surface area contributed by atoms with Gasteiger partial charge in [-0.3, -0.25) is 14.6 Å². The number of hydrogen-bond donors (Lipinski definition) is 2. The molecule has 1 unspecified atom stereocenters. The molecule has 2 aromatic rings. The fourth-order valence-electron chi connectivity index (χ4n) is 2.53. The maximum atomic E-state index is 12.0. The third-order valence-corrected chi connectivity index (χ3v) is 3.95. The van der Waals surface area contributed by atoms with E-state index in [-0.39, 0.29) is 18.9 Å². The number of ether oxygens (including phenoxy) is 1. The first-order valence-electron chi connectivity index (χ1n) is 8.69. The maximum absolute atomic E-state index is 12.0. The van der Waals surface area contributed by atoms with Crippen LogP contribution in [0.4, 0.5) is 0 Å². The lowest BCUT2D eigenvalue weighted by atomic mass is 9.99. The first-order chi connectivity index (χ1) is 12.6. The van der Waals surface area contributed by atoms with Gasteiger partial charge >= 0.3 is 5.97 Å². The van der Waals surface area contributed by atoms with Crippen molar-refractivity contribution in [3.63, 3.8) is 0 Å². The number of carboxylic acid groups (broad SMARTS) is 1. The Hall–Kier alpha value is -2.89. The number of aromatic nitrogens is 1. The molecule has 138 valence electrons. The maximum Gasteiger partial charge on any atom is 0.308 e. The zero-order valence-electron chi connectivity index (χ0n) is 14.9. The van der Waals surface area contributed by atoms with E-state index in [4.69, 9.17) is 4.74 Å². The molecule has 6 nitrogen and oxygen atoms in total. The summed E-state index contributed by atoms with van der Waals surface area (Å²) in [7, 11) is 0. The number of nitrogens with one attached hydrogen (secondary N) is 1. The molecule has 0 bridgehead atoms. The summed E-state index contributed by atoms with van der Waals surface area (Å²) >= 11 is 0. The summed E-state index contributed by atoms with van der Waals surface area (Å²) in [6.07, 6.45) is 2.85. The van der Waals surface area contributed by atoms with Gasteiger partial charge in [0.15, 0.2) is 0 Å². The second-order valence-corrected chi connectivity index (χ2v) is 5.94. The lowest BCUT2D eigenvalue weighted by molar-refractivity contribution is -0.141. The van der Waals surface area contributed by atoms with E-state index in [1.807, 2.05) is 49.4 Å². The Morgan fingerprint density at radius 1 is 1.19 bits per heavy atom. The van der Waals surface area contributed by atoms with Gasteiger partial charge in [-0.1, -0.05) is 18.2 Å². The quantitative estimate of drug-likeness (QED) is 0.683. The van der Waals surface area contributed by atoms with E-state index in [9.17, 15) is 14.7 Å². The third kappa shape index (κ3) is 6.55. The van der Waals surface area contributed by atoms with Crippen molar-refractivity contribution in [2.24, 2.45) is 5.92 Å². The highest BCUT2D eigenvalue weighted by Gasteiger charge is 2.19. The Kier molecular flexibility index (Phi) is 7.61. The van der Waals surface area contributed by atoms with Crippen LogP contribution < -0.4 is 10.1 Å². The molecule has 0 aliphatic rings. The van der Waals surface area contributed by atoms with Crippen LogP contribution in [0.2, 0.25) is 0 Å². The number of carbonyl (C=O) groups excluding carboxylic acids is 1. The minimum Gasteiger partial charge on any atom is -0.494 e. The number of nitrogens with zero attached hydrogens (tertiary/aromatic N) is 1. The number of amides is 1. The summed E-state index contributed by atoms with van der Waals surface area (Å²) in [5.41, 5.74) is 1.73. The molecule has 1 amide bonds. The molecule has 0 saturated heterocycles. The fourth-order valence-corrected chi connectivity index (χ4v) is 2.53. The van der Waals surface area contributed by atoms with Gasteiger partial charge in [0.05, 0.1) is 12.5 Å². The summed E-state index contributed by atoms with van der Waals surface area (Å²) in [6, 6.07) is 12.9. The van der Waals surface area contributed by atoms with Crippen LogP contribution in [0.1, 0.15) is 24.6 Å². The molecule has 0 spiro atoms. The molecule has 0 fully saturated rings. The van der Waals surface area contributed by atoms with Crippen LogP contribution in [0.25, 0.3) is 0 Å². The monoisotopic (exact) mass is 356 g/mol. The number of carboxylic acids is 1. The zero-order chi connectivity index (χ0) is 18.8. The lowest BCUT2D eigenvalue weighted by Gasteiger charge is -2.14. The predicted molar refractivity (Wildman–Crippen MR) is 98.0 cm³/mol. The Bertz CT molecular complexity index is 702. The van der Waals surface area contributed by atoms with Crippen LogP contribution in [0.5, 0.6) is 5.75 Å². The van der Waals surface area contributed by atoms with Crippen LogP contribution in [0.3, 0.4) is 0 Å². The first-order valence-corrected chi connectivity index (χ1v) is 8.69. The van der Waals surface area contributed by atoms with Crippen molar-refractivity contribution >= 4 is 11.9 Å². The van der Waals surface area contributed by atoms with Crippen LogP contribution in [-0.2, 0) is 22.4 Å². The van der Waals surface area contributed by atoms with E-state index in [0.717, 1.165) is 17.0 Å². The molecule has 6 heteroatoms. The molecule has 1 aromatic heterocycles. The van der Waals surface area contributed by atoms with Crippen LogP contribution in [0.15, 0.2) is 48.7 Å². The highest BCUT2D eigenvalue weighted by molar-refractivity contribution is 5.77. The Morgan fingerprint density at radius 2 is 1.96 bits per heavy atom. The molecular weight excluding hydrogens is 332 g/mol. The van der Waals surface area contributed by atoms with Gasteiger partial charge in [-0.05, 0) is 49.6 Å². The second-order valence-electron chi connectivity index (χ2n) is 5.94. The van der Waals surface area contributed by atoms with Crippen molar-refractivity contribution in [1.29, 1.82) is 0 Å². The Morgan fingerprint density at radius 3 is 2.58 bits per heavy atom. The van der Waals surface area contributed by atoms with E-state index in [1.54, 1.807) is 6.20 Å². The van der Waals surface area contributed by atoms with Gasteiger partial charge in [0.2, 0.25) is 5.91 Å². The second kappa shape index (κ2) is 10.2. The van der Waals surface area contributed by atoms with Crippen molar-refractivity contribution in [1.82, 2.24) is 10.3 Å². The molecule has 0 radical (unpaired) electrons. The number of rotatable bonds is 10. The zero-order valence-corrected chi connectivity index (χ0v) is 14.9. The van der Waals surface area contributed by atoms with Crippen molar-refractivity contribution in [2.75, 3.05) is 13.2 Å². The highest BCUT2D eigenvalue weighted by Crippen LogP contribution is 2.15. The molecule has 1 heterocycles. The van der Waals surface area contributed by atoms with E-state index in [2.05, 4.69) is 10.3 Å². The highest BCUT2D eigenvalue weighted by atomic mass is 16.5. The van der Waals surface area contributed by atoms with Gasteiger partial charge in [0.1, 0.15) is 5.75 Å². The summed E-state index contributed by atoms with van der Waals surface area (Å²) in [6.45, 7) is 2.59. The summed E-state index contributed by atoms with van der Waals surface area (Å²) in [5, 5.41) is 12.1. The van der Waals surface area contributed by atoms with Crippen molar-refractivity contribution in [3.05, 3.63) is 59.9 Å². The SMILES string of the molecule is CCOc1ccc(CC(CNC(=O)CCc2ccccn2)C(=O)O)cc1. The van der Waals surface area contributed by atoms with Gasteiger partial charge in [-0.2, -0.15) is 0 Å². The minimum absolute atomic E-state index is 0.101. The average molecular weight is 356 g/mol. The molecule has 1 aromatic carbocycles. The molecule has 0 saturated carbocycles. The van der Waals surface area contributed by atoms with Gasteiger partial charge < -0.3 is 15.2 Å². The molecule has 0 aliphatic carbocycles. The smallest absolute Gasteiger partial charge is 0.308 e. The van der Waals surface area contributed by atoms with Gasteiger partial charge in [-0.25, -0.2) is 0 Å². The minimum atomic E-state index is -0.927. The Labute approximate surface area is 153 Å². The van der Waals surface area contributed by atoms with E-state index in [0.29, 0.717) is 19.4 Å². The van der Waals surface area contributed by atoms with Crippen molar-refractivity contribution < 1.29 is 19.4 Å². The number of hydrogen-bond acceptors (Lipinski definition) is 4. The van der Waals surface area contributed by atoms with E-state index < -0.39 is 11.9 Å². The molecule has 2 rings (SSSR count). The number of aryl methyl sites for hydroxylation is 1. The molecule has 0 aliphatic heterocycles. The molecule has 1 atom stereocenters. The van der Waals surface area contributed by atoms with Gasteiger partial charge in [0, 0.05) is 24.9 Å². The van der Waals surface area contributed by atoms with Crippen LogP contribution in [0, 0.1) is 5.92 Å². The number of carbonyl (C=O) groups is 2. The number of aliphatic carboxylic acids is 1. The van der Waals surface area contributed by atoms with Crippen molar-refractivity contribution in [3.8, 4) is 5.75 Å². The number of pyridine rings is 1. The Balaban J connectivity index is 1.81. The topological polar surface area (TPSA) is 88.5 Å². The number of benzene rings is 1. The van der Waals surface area contributed by atoms with E-state index >= 15 is 0 Å². The van der Waals surface area contributed by atoms with Crippen molar-refractivity contribution in [2.45, 2.75) is 26.2 Å². The predicted octanol–water partition coefficient (Wildman–Crippen LogP) is 2.47. The first kappa shape index (κ1) is 19.4. The summed E-state index contributed by atoms with van der Waals surface area (Å²) in [5.74, 6) is -1.02. The third-order valence-electron chi connectivity index (χ3n) is 3.95. The molecule has 26 heavy (non-hydrogen) atoms. The average Bonchev–Trinajstić information content (AvgIpc) is 2.65. The molecule has 2 N–H and O–H groups in total. The fraction of sp³-hybridized carbons (Fsp3) is 0.350.